The third-order valence-corrected chi connectivity index (χ3v) is 9.70. The van der Waals surface area contributed by atoms with Gasteiger partial charge in [-0.05, 0) is 47.9 Å². The minimum Gasteiger partial charge on any atom is -0.468 e. The molecule has 4 aliphatic carbocycles. The Labute approximate surface area is 319 Å². The van der Waals surface area contributed by atoms with E-state index in [1.54, 1.807) is 24.3 Å². The number of carbonyl (C=O) groups excluding carboxylic acids is 8. The summed E-state index contributed by atoms with van der Waals surface area (Å²) in [6, 6.07) is 6.98. The summed E-state index contributed by atoms with van der Waals surface area (Å²) >= 11 is 0. The van der Waals surface area contributed by atoms with Gasteiger partial charge in [-0.25, -0.2) is 0 Å². The van der Waals surface area contributed by atoms with Crippen LogP contribution in [0.25, 0.3) is 23.0 Å². The van der Waals surface area contributed by atoms with Gasteiger partial charge >= 0.3 is 47.8 Å². The Morgan fingerprint density at radius 3 is 0.696 bits per heavy atom. The first-order valence-electron chi connectivity index (χ1n) is 17.4. The van der Waals surface area contributed by atoms with Crippen LogP contribution in [0.2, 0.25) is 0 Å². The predicted octanol–water partition coefficient (Wildman–Crippen LogP) is -0.560. The van der Waals surface area contributed by atoms with Crippen LogP contribution in [0.15, 0.2) is 24.3 Å². The summed E-state index contributed by atoms with van der Waals surface area (Å²) in [5, 5.41) is 0.844. The lowest BCUT2D eigenvalue weighted by atomic mass is 9.78. The maximum atomic E-state index is 13.6. The molecule has 0 amide bonds. The maximum absolute atomic E-state index is 13.6. The Balaban J connectivity index is 2.00. The Morgan fingerprint density at radius 1 is 0.375 bits per heavy atom. The lowest BCUT2D eigenvalue weighted by Gasteiger charge is -2.32. The molecule has 0 saturated carbocycles. The first-order valence-corrected chi connectivity index (χ1v) is 17.4. The molecule has 4 atom stereocenters. The van der Waals surface area contributed by atoms with E-state index in [1.807, 2.05) is 0 Å². The van der Waals surface area contributed by atoms with Crippen molar-refractivity contribution in [2.45, 2.75) is 53.4 Å². The molecule has 0 spiro atoms. The lowest BCUT2D eigenvalue weighted by molar-refractivity contribution is -0.156. The van der Waals surface area contributed by atoms with Gasteiger partial charge in [0.2, 0.25) is 0 Å². The maximum Gasteiger partial charge on any atom is 0.317 e. The smallest absolute Gasteiger partial charge is 0.317 e. The quantitative estimate of drug-likeness (QED) is 0.243. The van der Waals surface area contributed by atoms with Gasteiger partial charge in [-0.2, -0.15) is 0 Å². The standard InChI is InChI=1S/C40H40O16/c1-17(41)53-33-25-21-9-10-22(26(25)34(54-18(2)42)30(38(46)50-6)29(33)37(45)49-5)15-16-24-12-11-23(14-13-21)27-28(24)36(56-20(4)44)32(40(48)52-8)31(39(47)51-7)35(27)55-19(3)43/h9-12,29-32H,13-16H2,1-8H3. The first kappa shape index (κ1) is 40.9. The molecule has 0 fully saturated rings. The normalized spacial score (nSPS) is 19.6. The van der Waals surface area contributed by atoms with Gasteiger partial charge in [-0.3, -0.25) is 38.4 Å². The van der Waals surface area contributed by atoms with Gasteiger partial charge in [0, 0.05) is 48.6 Å². The van der Waals surface area contributed by atoms with Gasteiger partial charge in [-0.1, -0.05) is 24.3 Å². The zero-order valence-corrected chi connectivity index (χ0v) is 32.0. The predicted molar refractivity (Wildman–Crippen MR) is 189 cm³/mol. The number of methoxy groups -OCH3 is 4. The van der Waals surface area contributed by atoms with Crippen LogP contribution in [0.4, 0.5) is 0 Å². The van der Waals surface area contributed by atoms with Crippen LogP contribution in [0.5, 0.6) is 0 Å². The van der Waals surface area contributed by atoms with Crippen molar-refractivity contribution in [2.75, 3.05) is 28.4 Å². The molecule has 0 aromatic heterocycles. The van der Waals surface area contributed by atoms with Crippen molar-refractivity contribution in [2.24, 2.45) is 23.7 Å². The topological polar surface area (TPSA) is 210 Å². The summed E-state index contributed by atoms with van der Waals surface area (Å²) in [5.74, 6) is -14.5. The van der Waals surface area contributed by atoms with E-state index in [2.05, 4.69) is 0 Å². The van der Waals surface area contributed by atoms with Crippen molar-refractivity contribution in [1.29, 1.82) is 0 Å². The zero-order chi connectivity index (χ0) is 41.2. The highest BCUT2D eigenvalue weighted by molar-refractivity contribution is 5.98. The van der Waals surface area contributed by atoms with Crippen molar-refractivity contribution >= 4 is 70.8 Å². The minimum absolute atomic E-state index is 0.0862. The van der Waals surface area contributed by atoms with Crippen molar-refractivity contribution in [1.82, 2.24) is 0 Å². The molecule has 0 radical (unpaired) electrons. The molecule has 16 nitrogen and oxygen atoms in total. The number of fused-ring (bicyclic) bond motifs is 4. The second-order valence-corrected chi connectivity index (χ2v) is 13.1. The highest BCUT2D eigenvalue weighted by atomic mass is 16.6. The molecule has 2 aromatic carbocycles. The van der Waals surface area contributed by atoms with E-state index in [-0.39, 0.29) is 69.6 Å². The molecule has 4 unspecified atom stereocenters. The van der Waals surface area contributed by atoms with Gasteiger partial charge in [-0.15, -0.1) is 0 Å². The van der Waals surface area contributed by atoms with E-state index in [0.29, 0.717) is 22.3 Å². The largest absolute Gasteiger partial charge is 0.468 e. The zero-order valence-electron chi connectivity index (χ0n) is 32.0. The van der Waals surface area contributed by atoms with Crippen molar-refractivity contribution in [3.05, 3.63) is 67.4 Å². The third-order valence-electron chi connectivity index (χ3n) is 9.70. The van der Waals surface area contributed by atoms with Crippen LogP contribution in [-0.2, 0) is 102 Å². The van der Waals surface area contributed by atoms with E-state index < -0.39 is 71.4 Å². The number of hydrogen-bond donors (Lipinski definition) is 0. The summed E-state index contributed by atoms with van der Waals surface area (Å²) in [4.78, 5) is 105. The number of benzene rings is 2. The molecule has 0 aliphatic heterocycles. The molecule has 4 bridgehead atoms. The van der Waals surface area contributed by atoms with Gasteiger partial charge in [0.25, 0.3) is 0 Å². The molecule has 6 rings (SSSR count). The lowest BCUT2D eigenvalue weighted by Crippen LogP contribution is -2.51. The number of esters is 8. The fraction of sp³-hybridized carbons (Fsp3) is 0.400. The molecule has 296 valence electrons. The monoisotopic (exact) mass is 776 g/mol. The van der Waals surface area contributed by atoms with E-state index in [9.17, 15) is 38.4 Å². The van der Waals surface area contributed by atoms with Crippen LogP contribution in [0, 0.1) is 23.7 Å². The molecule has 0 heterocycles. The molecule has 2 aromatic rings. The summed E-state index contributed by atoms with van der Waals surface area (Å²) in [7, 11) is 4.35. The highest BCUT2D eigenvalue weighted by Gasteiger charge is 2.49. The Kier molecular flexibility index (Phi) is 12.1. The first-order chi connectivity index (χ1) is 26.6. The molecule has 4 aliphatic rings. The molecule has 0 saturated heterocycles. The van der Waals surface area contributed by atoms with Gasteiger partial charge < -0.3 is 37.9 Å². The van der Waals surface area contributed by atoms with Crippen molar-refractivity contribution in [3.63, 3.8) is 0 Å². The van der Waals surface area contributed by atoms with E-state index >= 15 is 0 Å². The average molecular weight is 777 g/mol. The van der Waals surface area contributed by atoms with Crippen LogP contribution in [0.3, 0.4) is 0 Å². The number of carbonyl (C=O) groups is 8. The number of rotatable bonds is 8. The Morgan fingerprint density at radius 2 is 0.554 bits per heavy atom. The van der Waals surface area contributed by atoms with Crippen LogP contribution < -0.4 is 20.9 Å². The van der Waals surface area contributed by atoms with Gasteiger partial charge in [0.05, 0.1) is 28.4 Å². The molecule has 16 heteroatoms. The van der Waals surface area contributed by atoms with Crippen LogP contribution in [0.1, 0.15) is 49.9 Å². The summed E-state index contributed by atoms with van der Waals surface area (Å²) in [6.07, 6.45) is 0.345. The fourth-order valence-electron chi connectivity index (χ4n) is 7.66. The average Bonchev–Trinajstić information content (AvgIpc) is 3.14. The summed E-state index contributed by atoms with van der Waals surface area (Å²) in [6.45, 7) is 4.49. The molecular weight excluding hydrogens is 736 g/mol. The molecule has 0 N–H and O–H groups in total. The minimum atomic E-state index is -1.62. The molecule has 56 heavy (non-hydrogen) atoms. The van der Waals surface area contributed by atoms with Crippen molar-refractivity contribution in [3.8, 4) is 0 Å². The van der Waals surface area contributed by atoms with E-state index in [4.69, 9.17) is 37.9 Å². The molecular formula is C40H40O16. The number of ether oxygens (including phenoxy) is 8. The third kappa shape index (κ3) is 7.50. The van der Waals surface area contributed by atoms with Crippen molar-refractivity contribution < 1.29 is 76.3 Å². The highest BCUT2D eigenvalue weighted by Crippen LogP contribution is 2.36. The second kappa shape index (κ2) is 16.6. The second-order valence-electron chi connectivity index (χ2n) is 13.1. The number of hydrogen-bond acceptors (Lipinski definition) is 16. The summed E-state index contributed by atoms with van der Waals surface area (Å²) in [5.41, 5.74) is 1.86. The van der Waals surface area contributed by atoms with Gasteiger partial charge in [0.1, 0.15) is 46.7 Å². The van der Waals surface area contributed by atoms with E-state index in [0.717, 1.165) is 56.1 Å². The Bertz CT molecular complexity index is 2010. The SMILES string of the molecule is COC(=O)C1C(OC(C)=O)=c2c3ccc(c2=C(OC(C)=O)C1C(=O)OC)CCc1ccc(c2c1=C(OC(C)=O)C(C(=O)OC)C(C(=O)OC)C=2OC(C)=O)CC3. The van der Waals surface area contributed by atoms with E-state index in [1.165, 1.54) is 0 Å². The Hall–Kier alpha value is -6.32. The van der Waals surface area contributed by atoms with Gasteiger partial charge in [0.15, 0.2) is 0 Å². The fourth-order valence-corrected chi connectivity index (χ4v) is 7.66. The summed E-state index contributed by atoms with van der Waals surface area (Å²) < 4.78 is 43.4. The van der Waals surface area contributed by atoms with Crippen LogP contribution >= 0.6 is 0 Å². The number of aryl methyl sites for hydroxylation is 4. The van der Waals surface area contributed by atoms with Crippen LogP contribution in [-0.4, -0.2) is 76.2 Å².